The summed E-state index contributed by atoms with van der Waals surface area (Å²) in [6.45, 7) is 1.62. The fourth-order valence-electron chi connectivity index (χ4n) is 6.08. The van der Waals surface area contributed by atoms with Crippen LogP contribution in [0.4, 0.5) is 28.9 Å². The first-order chi connectivity index (χ1) is 26.5. The summed E-state index contributed by atoms with van der Waals surface area (Å²) in [7, 11) is -8.70. The maximum Gasteiger partial charge on any atom is 0.245 e. The smallest absolute Gasteiger partial charge is 0.245 e. The molecule has 0 saturated heterocycles. The molecular weight excluding hydrogens is 817 g/mol. The monoisotopic (exact) mass is 848 g/mol. The maximum absolute atomic E-state index is 14.2. The van der Waals surface area contributed by atoms with Crippen LogP contribution < -0.4 is 19.2 Å². The summed E-state index contributed by atoms with van der Waals surface area (Å²) in [6.07, 6.45) is -1.18. The molecule has 0 saturated carbocycles. The molecule has 0 fully saturated rings. The third-order valence-corrected chi connectivity index (χ3v) is 13.9. The first-order valence-electron chi connectivity index (χ1n) is 16.6. The first-order valence-corrected chi connectivity index (χ1v) is 21.7. The fraction of sp³-hybridized carbons (Fsp3) is 0.222. The Hall–Kier alpha value is -4.86. The Morgan fingerprint density at radius 1 is 0.661 bits per heavy atom. The molecular formula is C36H32F4N6O6S4. The van der Waals surface area contributed by atoms with E-state index < -0.39 is 85.1 Å². The molecule has 2 aromatic heterocycles. The molecule has 0 aliphatic carbocycles. The number of carbonyl (C=O) groups is 2. The summed E-state index contributed by atoms with van der Waals surface area (Å²) in [5.41, 5.74) is 4.69. The van der Waals surface area contributed by atoms with Gasteiger partial charge in [0.05, 0.1) is 31.5 Å². The van der Waals surface area contributed by atoms with Gasteiger partial charge in [0.15, 0.2) is 5.08 Å². The first kappa shape index (κ1) is 40.8. The summed E-state index contributed by atoms with van der Waals surface area (Å²) >= 11 is 2.71. The number of aromatic nitrogens is 2. The van der Waals surface area contributed by atoms with Crippen LogP contribution in [-0.2, 0) is 42.5 Å². The zero-order valence-corrected chi connectivity index (χ0v) is 32.7. The van der Waals surface area contributed by atoms with E-state index >= 15 is 0 Å². The molecule has 0 aliphatic rings. The number of thiazole rings is 2. The van der Waals surface area contributed by atoms with Crippen molar-refractivity contribution in [1.29, 1.82) is 0 Å². The lowest BCUT2D eigenvalue weighted by molar-refractivity contribution is -0.120. The van der Waals surface area contributed by atoms with Crippen LogP contribution in [0.2, 0.25) is 0 Å². The van der Waals surface area contributed by atoms with Crippen molar-refractivity contribution in [2.45, 2.75) is 31.8 Å². The summed E-state index contributed by atoms with van der Waals surface area (Å²) in [5, 5.41) is -1.71. The Morgan fingerprint density at radius 3 is 1.55 bits per heavy atom. The minimum Gasteiger partial charge on any atom is -0.314 e. The van der Waals surface area contributed by atoms with Gasteiger partial charge in [-0.05, 0) is 91.6 Å². The van der Waals surface area contributed by atoms with Gasteiger partial charge in [-0.2, -0.15) is 0 Å². The Labute approximate surface area is 326 Å². The van der Waals surface area contributed by atoms with Gasteiger partial charge in [-0.15, -0.1) is 22.7 Å². The number of amides is 2. The van der Waals surface area contributed by atoms with Crippen molar-refractivity contribution in [3.8, 4) is 0 Å². The predicted molar refractivity (Wildman–Crippen MR) is 207 cm³/mol. The molecule has 12 nitrogen and oxygen atoms in total. The van der Waals surface area contributed by atoms with Gasteiger partial charge in [-0.3, -0.25) is 9.59 Å². The number of anilines is 2. The molecule has 56 heavy (non-hydrogen) atoms. The highest BCUT2D eigenvalue weighted by molar-refractivity contribution is 8.06. The minimum absolute atomic E-state index is 0.0114. The van der Waals surface area contributed by atoms with E-state index in [0.29, 0.717) is 34.5 Å². The summed E-state index contributed by atoms with van der Waals surface area (Å²) in [4.78, 5) is 38.7. The SMILES string of the molecule is CCN(C(=O)[C@H](Cc1cc(F)cc(F)c1)NS(=O)(=O)CS(=O)(=O)N[C@@H](Cc1cc(F)cc(F)c1)C(=O)N(C)c1ccc2scnc2c1)c1ccc2scnc2c1. The molecule has 6 rings (SSSR count). The number of sulfonamides is 2. The molecule has 2 atom stereocenters. The number of nitrogens with one attached hydrogen (secondary N) is 2. The number of fused-ring (bicyclic) bond motifs is 2. The average Bonchev–Trinajstić information content (AvgIpc) is 3.78. The predicted octanol–water partition coefficient (Wildman–Crippen LogP) is 5.50. The van der Waals surface area contributed by atoms with Crippen molar-refractivity contribution in [3.63, 3.8) is 0 Å². The maximum atomic E-state index is 14.2. The summed E-state index contributed by atoms with van der Waals surface area (Å²) in [6, 6.07) is 11.0. The van der Waals surface area contributed by atoms with E-state index in [0.717, 1.165) is 38.6 Å². The number of nitrogens with zero attached hydrogens (tertiary/aromatic N) is 4. The van der Waals surface area contributed by atoms with E-state index in [-0.39, 0.29) is 17.7 Å². The molecule has 2 amide bonds. The van der Waals surface area contributed by atoms with E-state index in [9.17, 15) is 44.0 Å². The Bertz CT molecular complexity index is 2620. The molecule has 0 spiro atoms. The van der Waals surface area contributed by atoms with Crippen LogP contribution >= 0.6 is 22.7 Å². The van der Waals surface area contributed by atoms with Gasteiger partial charge in [0.1, 0.15) is 35.4 Å². The van der Waals surface area contributed by atoms with Crippen molar-refractivity contribution in [1.82, 2.24) is 19.4 Å². The second kappa shape index (κ2) is 16.7. The number of hydrogen-bond acceptors (Lipinski definition) is 10. The highest BCUT2D eigenvalue weighted by Gasteiger charge is 2.35. The zero-order chi connectivity index (χ0) is 40.4. The molecule has 6 aromatic rings. The third kappa shape index (κ3) is 9.92. The quantitative estimate of drug-likeness (QED) is 0.128. The second-order valence-corrected chi connectivity index (χ2v) is 18.3. The van der Waals surface area contributed by atoms with Gasteiger partial charge in [-0.1, -0.05) is 0 Å². The highest BCUT2D eigenvalue weighted by atomic mass is 32.3. The average molecular weight is 849 g/mol. The summed E-state index contributed by atoms with van der Waals surface area (Å²) in [5.74, 6) is -5.76. The molecule has 0 radical (unpaired) electrons. The van der Waals surface area contributed by atoms with Gasteiger partial charge >= 0.3 is 0 Å². The van der Waals surface area contributed by atoms with Crippen molar-refractivity contribution in [3.05, 3.63) is 118 Å². The van der Waals surface area contributed by atoms with Crippen molar-refractivity contribution in [2.75, 3.05) is 28.5 Å². The van der Waals surface area contributed by atoms with Crippen LogP contribution in [0.1, 0.15) is 18.1 Å². The number of hydrogen-bond donors (Lipinski definition) is 2. The molecule has 0 unspecified atom stereocenters. The van der Waals surface area contributed by atoms with Gasteiger partial charge in [0.2, 0.25) is 31.9 Å². The van der Waals surface area contributed by atoms with Gasteiger partial charge in [0, 0.05) is 37.1 Å². The Morgan fingerprint density at radius 2 is 1.09 bits per heavy atom. The third-order valence-electron chi connectivity index (χ3n) is 8.51. The van der Waals surface area contributed by atoms with Crippen LogP contribution in [0.3, 0.4) is 0 Å². The van der Waals surface area contributed by atoms with E-state index in [1.807, 2.05) is 0 Å². The zero-order valence-electron chi connectivity index (χ0n) is 29.4. The number of benzene rings is 4. The number of halogens is 4. The standard InChI is InChI=1S/C36H32F4N6O6S4/c1-3-46(28-5-7-34-30(17-28)42-19-54-34)36(48)32(13-22-10-25(39)15-26(40)11-22)44-56(51,52)20-55(49,50)43-31(12-21-8-23(37)14-24(38)9-21)35(47)45(2)27-4-6-33-29(16-27)41-18-53-33/h4-11,14-19,31-32,43-44H,3,12-13,20H2,1-2H3/t31-,32-/m0/s1. The van der Waals surface area contributed by atoms with Crippen LogP contribution in [0.15, 0.2) is 83.8 Å². The number of carbonyl (C=O) groups excluding carboxylic acids is 2. The molecule has 2 heterocycles. The van der Waals surface area contributed by atoms with Gasteiger partial charge < -0.3 is 9.80 Å². The van der Waals surface area contributed by atoms with E-state index in [2.05, 4.69) is 19.4 Å². The lowest BCUT2D eigenvalue weighted by atomic mass is 10.0. The lowest BCUT2D eigenvalue weighted by Gasteiger charge is -2.27. The van der Waals surface area contributed by atoms with Crippen LogP contribution in [-0.4, -0.2) is 69.4 Å². The van der Waals surface area contributed by atoms with E-state index in [4.69, 9.17) is 0 Å². The minimum atomic E-state index is -5.02. The van der Waals surface area contributed by atoms with E-state index in [1.165, 1.54) is 34.6 Å². The summed E-state index contributed by atoms with van der Waals surface area (Å²) < 4.78 is 117. The second-order valence-electron chi connectivity index (χ2n) is 12.6. The molecule has 0 bridgehead atoms. The molecule has 294 valence electrons. The van der Waals surface area contributed by atoms with Crippen LogP contribution in [0, 0.1) is 23.3 Å². The largest absolute Gasteiger partial charge is 0.314 e. The fourth-order valence-corrected chi connectivity index (χ4v) is 10.8. The van der Waals surface area contributed by atoms with Crippen molar-refractivity contribution < 1.29 is 44.0 Å². The number of rotatable bonds is 15. The van der Waals surface area contributed by atoms with Crippen LogP contribution in [0.25, 0.3) is 20.4 Å². The lowest BCUT2D eigenvalue weighted by Crippen LogP contribution is -2.53. The normalized spacial score (nSPS) is 13.2. The van der Waals surface area contributed by atoms with Crippen molar-refractivity contribution >= 4 is 86.3 Å². The topological polar surface area (TPSA) is 159 Å². The van der Waals surface area contributed by atoms with Crippen molar-refractivity contribution in [2.24, 2.45) is 0 Å². The Kier molecular flexibility index (Phi) is 12.2. The highest BCUT2D eigenvalue weighted by Crippen LogP contribution is 2.27. The van der Waals surface area contributed by atoms with Gasteiger partial charge in [-0.25, -0.2) is 53.8 Å². The number of likely N-dealkylation sites (N-methyl/N-ethyl adjacent to an activating group) is 2. The van der Waals surface area contributed by atoms with E-state index in [1.54, 1.807) is 54.3 Å². The molecule has 20 heteroatoms. The molecule has 4 aromatic carbocycles. The van der Waals surface area contributed by atoms with Gasteiger partial charge in [0.25, 0.3) is 0 Å². The van der Waals surface area contributed by atoms with Crippen LogP contribution in [0.5, 0.6) is 0 Å². The molecule has 2 N–H and O–H groups in total. The Balaban J connectivity index is 1.28. The molecule has 0 aliphatic heterocycles.